The Morgan fingerprint density at radius 3 is 2.24 bits per heavy atom. The fourth-order valence-electron chi connectivity index (χ4n) is 3.51. The maximum atomic E-state index is 14.7. The Hall–Kier alpha value is -2.47. The lowest BCUT2D eigenvalue weighted by Crippen LogP contribution is -2.31. The molecule has 0 bridgehead atoms. The topological polar surface area (TPSA) is 60.3 Å². The van der Waals surface area contributed by atoms with Crippen molar-refractivity contribution >= 4 is 11.6 Å². The molecule has 2 rings (SSSR count). The second kappa shape index (κ2) is 9.83. The number of carbonyl (C=O) groups is 1. The molecule has 0 aliphatic carbocycles. The number of nitrogens with one attached hydrogen (secondary N) is 1. The molecule has 6 heteroatoms. The number of pyridine rings is 1. The maximum Gasteiger partial charge on any atom is 0.261 e. The predicted molar refractivity (Wildman–Crippen MR) is 114 cm³/mol. The van der Waals surface area contributed by atoms with E-state index in [1.165, 1.54) is 0 Å². The van der Waals surface area contributed by atoms with Crippen LogP contribution in [0.15, 0.2) is 23.0 Å². The number of carbonyl (C=O) groups excluding carboxylic acids is 1. The number of hydrogen-bond donors (Lipinski definition) is 1. The highest BCUT2D eigenvalue weighted by Gasteiger charge is 2.23. The van der Waals surface area contributed by atoms with Crippen LogP contribution in [0.5, 0.6) is 0 Å². The summed E-state index contributed by atoms with van der Waals surface area (Å²) in [6.07, 6.45) is 1.52. The SMILES string of the molecule is CCc1cccc(CC)c1NC(=O)c1c(C)n(CCOC(C)C)c(C)c(F)c1=O. The number of halogens is 1. The molecule has 0 atom stereocenters. The lowest BCUT2D eigenvalue weighted by atomic mass is 10.0. The van der Waals surface area contributed by atoms with Crippen molar-refractivity contribution in [2.75, 3.05) is 11.9 Å². The summed E-state index contributed by atoms with van der Waals surface area (Å²) in [5.41, 5.74) is 2.28. The minimum atomic E-state index is -0.898. The minimum Gasteiger partial charge on any atom is -0.377 e. The van der Waals surface area contributed by atoms with Gasteiger partial charge in [0, 0.05) is 17.9 Å². The second-order valence-electron chi connectivity index (χ2n) is 7.37. The van der Waals surface area contributed by atoms with E-state index >= 15 is 0 Å². The molecule has 0 unspecified atom stereocenters. The first-order chi connectivity index (χ1) is 13.7. The van der Waals surface area contributed by atoms with Crippen LogP contribution < -0.4 is 10.7 Å². The molecule has 0 saturated carbocycles. The Balaban J connectivity index is 2.48. The lowest BCUT2D eigenvalue weighted by Gasteiger charge is -2.20. The summed E-state index contributed by atoms with van der Waals surface area (Å²) in [7, 11) is 0. The number of hydrogen-bond acceptors (Lipinski definition) is 3. The van der Waals surface area contributed by atoms with E-state index < -0.39 is 17.2 Å². The first kappa shape index (κ1) is 22.8. The van der Waals surface area contributed by atoms with Gasteiger partial charge in [0.25, 0.3) is 5.91 Å². The van der Waals surface area contributed by atoms with Gasteiger partial charge in [-0.05, 0) is 51.7 Å². The summed E-state index contributed by atoms with van der Waals surface area (Å²) in [6, 6.07) is 5.84. The van der Waals surface area contributed by atoms with Crippen LogP contribution in [0, 0.1) is 19.7 Å². The van der Waals surface area contributed by atoms with Crippen LogP contribution in [-0.2, 0) is 24.1 Å². The molecule has 0 spiro atoms. The van der Waals surface area contributed by atoms with Crippen molar-refractivity contribution in [3.8, 4) is 0 Å². The number of benzene rings is 1. The normalized spacial score (nSPS) is 11.2. The van der Waals surface area contributed by atoms with Crippen LogP contribution in [0.2, 0.25) is 0 Å². The molecular formula is C23H31FN2O3. The molecule has 29 heavy (non-hydrogen) atoms. The van der Waals surface area contributed by atoms with E-state index in [4.69, 9.17) is 4.74 Å². The summed E-state index contributed by atoms with van der Waals surface area (Å²) >= 11 is 0. The van der Waals surface area contributed by atoms with Gasteiger partial charge < -0.3 is 14.6 Å². The van der Waals surface area contributed by atoms with E-state index in [0.717, 1.165) is 24.0 Å². The van der Waals surface area contributed by atoms with E-state index in [-0.39, 0.29) is 17.4 Å². The molecule has 0 aliphatic heterocycles. The highest BCUT2D eigenvalue weighted by Crippen LogP contribution is 2.23. The zero-order valence-corrected chi connectivity index (χ0v) is 18.2. The first-order valence-electron chi connectivity index (χ1n) is 10.2. The highest BCUT2D eigenvalue weighted by molar-refractivity contribution is 6.05. The summed E-state index contributed by atoms with van der Waals surface area (Å²) in [4.78, 5) is 25.7. The molecule has 1 amide bonds. The number of nitrogens with zero attached hydrogens (tertiary/aromatic N) is 1. The summed E-state index contributed by atoms with van der Waals surface area (Å²) in [5, 5.41) is 2.88. The van der Waals surface area contributed by atoms with Gasteiger partial charge in [0.15, 0.2) is 5.82 Å². The molecule has 158 valence electrons. The summed E-state index contributed by atoms with van der Waals surface area (Å²) in [6.45, 7) is 11.8. The van der Waals surface area contributed by atoms with E-state index in [1.54, 1.807) is 18.4 Å². The van der Waals surface area contributed by atoms with E-state index in [9.17, 15) is 14.0 Å². The van der Waals surface area contributed by atoms with Crippen molar-refractivity contribution in [1.29, 1.82) is 0 Å². The van der Waals surface area contributed by atoms with E-state index in [1.807, 2.05) is 45.9 Å². The highest BCUT2D eigenvalue weighted by atomic mass is 19.1. The molecular weight excluding hydrogens is 371 g/mol. The average molecular weight is 403 g/mol. The van der Waals surface area contributed by atoms with Crippen molar-refractivity contribution in [2.45, 2.75) is 67.0 Å². The molecule has 1 aromatic heterocycles. The lowest BCUT2D eigenvalue weighted by molar-refractivity contribution is 0.0718. The van der Waals surface area contributed by atoms with Gasteiger partial charge in [0.1, 0.15) is 5.56 Å². The number of anilines is 1. The largest absolute Gasteiger partial charge is 0.377 e. The molecule has 2 aromatic rings. The third-order valence-corrected chi connectivity index (χ3v) is 5.15. The summed E-state index contributed by atoms with van der Waals surface area (Å²) in [5.74, 6) is -1.48. The smallest absolute Gasteiger partial charge is 0.261 e. The quantitative estimate of drug-likeness (QED) is 0.712. The Morgan fingerprint density at radius 2 is 1.72 bits per heavy atom. The van der Waals surface area contributed by atoms with Gasteiger partial charge in [0.2, 0.25) is 5.43 Å². The van der Waals surface area contributed by atoms with Crippen molar-refractivity contribution in [1.82, 2.24) is 4.57 Å². The predicted octanol–water partition coefficient (Wildman–Crippen LogP) is 4.41. The third-order valence-electron chi connectivity index (χ3n) is 5.15. The molecule has 5 nitrogen and oxygen atoms in total. The Kier molecular flexibility index (Phi) is 7.73. The number of aromatic nitrogens is 1. The van der Waals surface area contributed by atoms with Gasteiger partial charge in [0.05, 0.1) is 18.4 Å². The third kappa shape index (κ3) is 4.93. The molecule has 0 fully saturated rings. The van der Waals surface area contributed by atoms with Crippen LogP contribution in [0.1, 0.15) is 60.6 Å². The van der Waals surface area contributed by atoms with Gasteiger partial charge >= 0.3 is 0 Å². The number of rotatable bonds is 8. The maximum absolute atomic E-state index is 14.7. The van der Waals surface area contributed by atoms with E-state index in [2.05, 4.69) is 5.32 Å². The van der Waals surface area contributed by atoms with Crippen molar-refractivity contribution in [3.63, 3.8) is 0 Å². The van der Waals surface area contributed by atoms with Crippen molar-refractivity contribution in [2.24, 2.45) is 0 Å². The zero-order valence-electron chi connectivity index (χ0n) is 18.2. The number of para-hydroxylation sites is 1. The Labute approximate surface area is 171 Å². The summed E-state index contributed by atoms with van der Waals surface area (Å²) < 4.78 is 21.9. The minimum absolute atomic E-state index is 0.0422. The van der Waals surface area contributed by atoms with Gasteiger partial charge in [-0.3, -0.25) is 9.59 Å². The van der Waals surface area contributed by atoms with Gasteiger partial charge in [-0.15, -0.1) is 0 Å². The fourth-order valence-corrected chi connectivity index (χ4v) is 3.51. The van der Waals surface area contributed by atoms with Crippen molar-refractivity contribution in [3.05, 3.63) is 62.3 Å². The van der Waals surface area contributed by atoms with Gasteiger partial charge in [-0.1, -0.05) is 32.0 Å². The number of aryl methyl sites for hydroxylation is 2. The average Bonchev–Trinajstić information content (AvgIpc) is 2.69. The van der Waals surface area contributed by atoms with Crippen molar-refractivity contribution < 1.29 is 13.9 Å². The zero-order chi connectivity index (χ0) is 21.7. The second-order valence-corrected chi connectivity index (χ2v) is 7.37. The van der Waals surface area contributed by atoms with Crippen LogP contribution in [0.4, 0.5) is 10.1 Å². The molecule has 0 radical (unpaired) electrons. The Bertz CT molecular complexity index is 926. The first-order valence-corrected chi connectivity index (χ1v) is 10.2. The fraction of sp³-hybridized carbons (Fsp3) is 0.478. The monoisotopic (exact) mass is 402 g/mol. The Morgan fingerprint density at radius 1 is 1.14 bits per heavy atom. The standard InChI is InChI=1S/C23H31FN2O3/c1-7-17-10-9-11-18(8-2)21(17)25-23(28)19-15(5)26(12-13-29-14(3)4)16(6)20(24)22(19)27/h9-11,14H,7-8,12-13H2,1-6H3,(H,25,28). The molecule has 1 heterocycles. The van der Waals surface area contributed by atoms with Gasteiger partial charge in [-0.25, -0.2) is 4.39 Å². The van der Waals surface area contributed by atoms with Crippen LogP contribution >= 0.6 is 0 Å². The van der Waals surface area contributed by atoms with Crippen LogP contribution in [-0.4, -0.2) is 23.2 Å². The number of amides is 1. The van der Waals surface area contributed by atoms with Crippen LogP contribution in [0.25, 0.3) is 0 Å². The molecule has 0 aliphatic rings. The van der Waals surface area contributed by atoms with E-state index in [0.29, 0.717) is 24.5 Å². The van der Waals surface area contributed by atoms with Gasteiger partial charge in [-0.2, -0.15) is 0 Å². The molecule has 1 N–H and O–H groups in total. The van der Waals surface area contributed by atoms with Crippen LogP contribution in [0.3, 0.4) is 0 Å². The molecule has 1 aromatic carbocycles. The number of ether oxygens (including phenoxy) is 1. The molecule has 0 saturated heterocycles.